The number of H-pyrrole nitrogens is 5. The lowest BCUT2D eigenvalue weighted by Crippen LogP contribution is -2.28. The molecule has 18 heterocycles. The monoisotopic (exact) mass is 1930 g/mol. The highest BCUT2D eigenvalue weighted by atomic mass is 79.9. The lowest BCUT2D eigenvalue weighted by Gasteiger charge is -2.22. The molecule has 36 heteroatoms. The standard InChI is InChI=1S/C24H21N7O.C22H27N5.C21H18BrN5O.C19H19N7O.C18H17N7O/c25-24-23-22(18-8-7-17(12-19(18)27-24)31-10-4-9-26-31)28-20(29-23)14-30-13-16(11-21(30)32)15-5-2-1-3-6-15;1-14-6-5-11-27(14)13-19-25-20-17-10-9-16(15-7-3-2-4-8-15)12-18(17)24-22(23)21(20)26-19;22-14-6-7-15-16(9-14)24-21(23)20-19(15)25-17(26-20)11-27-10-13(8-18(27)28)12-4-2-1-3-5-12;1-11(25-8-2-4-15(25)27)19-23-16-13-6-5-12(26-9-3-7-21-26)10-14(13)22-18(20)17(16)24-19;19-18-17-16(22-14(23-17)10-24-7-1-3-15(24)26)12-5-4-11(9-13(12)21-18)25-8-2-6-20-25/h1-10,12,16H,11,13-14H2,(H2,25,27)(H,28,29);9-10,12,15H,1-8,11,13H2,(H2,23,24)(H,25,26);1-7,9,13H,8,10-11H2,(H2,23,24)(H,25,26);3,5-7,9-11H,2,4,8H2,1H3,(H2,20,22)(H,23,24);2,4-6,8-9H,1,3,7,10H2,(H2,19,21)(H,22,23). The topological polar surface area (TPSA) is 476 Å². The fourth-order valence-corrected chi connectivity index (χ4v) is 20.8. The quantitative estimate of drug-likeness (QED) is 0.0429. The first-order valence-electron chi connectivity index (χ1n) is 47.4. The molecule has 6 fully saturated rings. The molecule has 3 unspecified atom stereocenters. The third-order valence-electron chi connectivity index (χ3n) is 27.6. The number of imidazole rings is 5. The van der Waals surface area contributed by atoms with Gasteiger partial charge in [-0.1, -0.05) is 115 Å². The largest absolute Gasteiger partial charge is 0.382 e. The number of aromatic amines is 5. The molecule has 15 N–H and O–H groups in total. The molecule has 5 aliphatic heterocycles. The van der Waals surface area contributed by atoms with Crippen LogP contribution in [0.4, 0.5) is 29.1 Å². The normalized spacial score (nSPS) is 16.6. The van der Waals surface area contributed by atoms with Gasteiger partial charge in [-0.3, -0.25) is 19.2 Å². The first-order valence-corrected chi connectivity index (χ1v) is 48.2. The summed E-state index contributed by atoms with van der Waals surface area (Å²) in [6.07, 6.45) is 23.8. The summed E-state index contributed by atoms with van der Waals surface area (Å²) in [5.74, 6) is 7.69. The Morgan fingerprint density at radius 1 is 0.364 bits per heavy atom. The van der Waals surface area contributed by atoms with Crippen molar-refractivity contribution >= 4 is 178 Å². The predicted molar refractivity (Wildman–Crippen MR) is 545 cm³/mol. The molecule has 26 rings (SSSR count). The lowest BCUT2D eigenvalue weighted by atomic mass is 9.84. The van der Waals surface area contributed by atoms with Gasteiger partial charge in [0, 0.05) is 145 Å². The van der Waals surface area contributed by atoms with Crippen molar-refractivity contribution in [3.8, 4) is 17.1 Å². The molecule has 13 aromatic heterocycles. The van der Waals surface area contributed by atoms with Crippen LogP contribution in [-0.4, -0.2) is 185 Å². The summed E-state index contributed by atoms with van der Waals surface area (Å²) in [7, 11) is 0. The van der Waals surface area contributed by atoms with Crippen molar-refractivity contribution in [2.45, 2.75) is 140 Å². The number of aromatic nitrogens is 21. The van der Waals surface area contributed by atoms with E-state index in [1.165, 1.54) is 60.9 Å². The smallest absolute Gasteiger partial charge is 0.223 e. The molecular formula is C104H102BrN31O4. The van der Waals surface area contributed by atoms with Crippen molar-refractivity contribution < 1.29 is 19.2 Å². The van der Waals surface area contributed by atoms with Gasteiger partial charge >= 0.3 is 0 Å². The van der Waals surface area contributed by atoms with Gasteiger partial charge in [0.2, 0.25) is 23.6 Å². The van der Waals surface area contributed by atoms with E-state index in [-0.39, 0.29) is 41.5 Å². The Kier molecular flexibility index (Phi) is 23.8. The van der Waals surface area contributed by atoms with Crippen LogP contribution < -0.4 is 28.7 Å². The number of fused-ring (bicyclic) bond motifs is 15. The number of pyridine rings is 5. The number of benzene rings is 7. The van der Waals surface area contributed by atoms with E-state index in [0.29, 0.717) is 116 Å². The summed E-state index contributed by atoms with van der Waals surface area (Å²) in [4.78, 5) is 122. The number of allylic oxidation sites excluding steroid dienone is 1. The van der Waals surface area contributed by atoms with Crippen molar-refractivity contribution in [1.82, 2.24) is 129 Å². The second-order valence-corrected chi connectivity index (χ2v) is 37.7. The van der Waals surface area contributed by atoms with Gasteiger partial charge in [-0.05, 0) is 165 Å². The van der Waals surface area contributed by atoms with Crippen molar-refractivity contribution in [1.29, 1.82) is 0 Å². The maximum Gasteiger partial charge on any atom is 0.223 e. The molecule has 0 spiro atoms. The second kappa shape index (κ2) is 37.5. The summed E-state index contributed by atoms with van der Waals surface area (Å²) < 4.78 is 6.27. The van der Waals surface area contributed by atoms with E-state index < -0.39 is 0 Å². The minimum absolute atomic E-state index is 0.120. The molecule has 704 valence electrons. The van der Waals surface area contributed by atoms with Crippen molar-refractivity contribution in [2.75, 3.05) is 61.4 Å². The van der Waals surface area contributed by atoms with Gasteiger partial charge in [-0.2, -0.15) is 15.3 Å². The molecule has 1 saturated carbocycles. The summed E-state index contributed by atoms with van der Waals surface area (Å²) >= 11 is 3.46. The maximum atomic E-state index is 12.6. The highest BCUT2D eigenvalue weighted by Gasteiger charge is 2.35. The van der Waals surface area contributed by atoms with Crippen molar-refractivity contribution in [3.05, 3.63) is 270 Å². The van der Waals surface area contributed by atoms with Crippen LogP contribution in [0.2, 0.25) is 0 Å². The number of halogens is 1. The molecule has 140 heavy (non-hydrogen) atoms. The SMILES string of the molecule is C=C1CCCN1Cc1nc2c([nH]1)c(N)nc1cc(C3CCCCC3)ccc12.CC(c1nc2c([nH]1)c(N)nc1cc(-n3cccn3)ccc12)N1CCCC1=O.Nc1nc2cc(-n3cccn3)ccc2c2nc(CN3CC(c4ccccc4)CC3=O)[nH]c12.Nc1nc2cc(-n3cccn3)ccc2c2nc(CN3CCCC3=O)[nH]c12.Nc1nc2cc(Br)ccc2c2nc(CN3CC(c4ccccc4)CC3=O)[nH]c12. The van der Waals surface area contributed by atoms with E-state index in [2.05, 4.69) is 130 Å². The van der Waals surface area contributed by atoms with Crippen LogP contribution in [0.25, 0.3) is 127 Å². The Bertz CT molecular complexity index is 8150. The molecule has 20 aromatic rings. The average Bonchev–Trinajstić information content (AvgIpc) is 1.60. The Morgan fingerprint density at radius 2 is 0.743 bits per heavy atom. The Balaban J connectivity index is 0.000000101. The van der Waals surface area contributed by atoms with Crippen molar-refractivity contribution in [2.24, 2.45) is 0 Å². The molecule has 3 atom stereocenters. The number of hydrogen-bond donors (Lipinski definition) is 10. The fourth-order valence-electron chi connectivity index (χ4n) is 20.4. The van der Waals surface area contributed by atoms with E-state index in [4.69, 9.17) is 58.6 Å². The van der Waals surface area contributed by atoms with Crippen LogP contribution in [0.3, 0.4) is 0 Å². The molecule has 6 aliphatic rings. The number of hydrogen-bond acceptors (Lipinski definition) is 23. The van der Waals surface area contributed by atoms with Crippen LogP contribution in [0.1, 0.15) is 160 Å². The Hall–Kier alpha value is -16.5. The van der Waals surface area contributed by atoms with E-state index >= 15 is 0 Å². The maximum absolute atomic E-state index is 12.6. The third kappa shape index (κ3) is 17.7. The first kappa shape index (κ1) is 88.7. The minimum Gasteiger partial charge on any atom is -0.382 e. The fraction of sp³-hybridized carbons (Fsp3) is 0.260. The lowest BCUT2D eigenvalue weighted by molar-refractivity contribution is -0.130. The van der Waals surface area contributed by atoms with Crippen LogP contribution in [0.15, 0.2) is 224 Å². The number of nitrogens with one attached hydrogen (secondary N) is 5. The summed E-state index contributed by atoms with van der Waals surface area (Å²) in [6, 6.07) is 56.1. The number of nitrogen functional groups attached to an aromatic ring is 5. The molecule has 5 saturated heterocycles. The van der Waals surface area contributed by atoms with Gasteiger partial charge in [0.1, 0.15) is 113 Å². The molecule has 35 nitrogen and oxygen atoms in total. The van der Waals surface area contributed by atoms with Gasteiger partial charge in [-0.15, -0.1) is 0 Å². The number of likely N-dealkylation sites (tertiary alicyclic amines) is 5. The van der Waals surface area contributed by atoms with Gasteiger partial charge in [0.15, 0.2) is 0 Å². The molecule has 0 radical (unpaired) electrons. The molecule has 7 aromatic carbocycles. The van der Waals surface area contributed by atoms with E-state index in [9.17, 15) is 19.2 Å². The van der Waals surface area contributed by atoms with Gasteiger partial charge in [0.05, 0.1) is 76.9 Å². The van der Waals surface area contributed by atoms with E-state index in [0.717, 1.165) is 183 Å². The number of rotatable bonds is 16. The molecule has 0 bridgehead atoms. The number of nitrogens with two attached hydrogens (primary N) is 5. The molecular weight excluding hydrogens is 1830 g/mol. The van der Waals surface area contributed by atoms with E-state index in [1.807, 2.05) is 173 Å². The Labute approximate surface area is 809 Å². The number of amides is 4. The zero-order valence-electron chi connectivity index (χ0n) is 77.0. The minimum atomic E-state index is -0.120. The number of nitrogens with zero attached hydrogens (tertiary/aromatic N) is 21. The van der Waals surface area contributed by atoms with Crippen LogP contribution >= 0.6 is 15.9 Å². The average molecular weight is 1930 g/mol. The molecule has 1 aliphatic carbocycles. The highest BCUT2D eigenvalue weighted by Crippen LogP contribution is 2.41. The zero-order valence-corrected chi connectivity index (χ0v) is 78.6. The van der Waals surface area contributed by atoms with Gasteiger partial charge in [0.25, 0.3) is 0 Å². The predicted octanol–water partition coefficient (Wildman–Crippen LogP) is 16.8. The van der Waals surface area contributed by atoms with Crippen LogP contribution in [0, 0.1) is 0 Å². The Morgan fingerprint density at radius 3 is 1.15 bits per heavy atom. The van der Waals surface area contributed by atoms with Crippen LogP contribution in [-0.2, 0) is 45.4 Å². The highest BCUT2D eigenvalue weighted by molar-refractivity contribution is 9.10. The number of anilines is 5. The van der Waals surface area contributed by atoms with E-state index in [1.54, 1.807) is 32.6 Å². The van der Waals surface area contributed by atoms with Gasteiger partial charge in [-0.25, -0.2) is 63.9 Å². The zero-order chi connectivity index (χ0) is 95.5. The number of carbonyl (C=O) groups is 4. The van der Waals surface area contributed by atoms with Crippen LogP contribution in [0.5, 0.6) is 0 Å². The van der Waals surface area contributed by atoms with Crippen molar-refractivity contribution in [3.63, 3.8) is 0 Å². The summed E-state index contributed by atoms with van der Waals surface area (Å²) in [6.45, 7) is 12.2. The van der Waals surface area contributed by atoms with Gasteiger partial charge < -0.3 is 78.1 Å². The third-order valence-corrected chi connectivity index (χ3v) is 28.1. The summed E-state index contributed by atoms with van der Waals surface area (Å²) in [5, 5.41) is 17.5. The summed E-state index contributed by atoms with van der Waals surface area (Å²) in [5.41, 5.74) is 50.5. The molecule has 4 amide bonds. The first-order chi connectivity index (χ1) is 68.2. The second-order valence-electron chi connectivity index (χ2n) is 36.7. The number of carbonyl (C=O) groups excluding carboxylic acids is 4.